The maximum Gasteiger partial charge on any atom is 0.238 e. The lowest BCUT2D eigenvalue weighted by Crippen LogP contribution is -2.30. The highest BCUT2D eigenvalue weighted by Crippen LogP contribution is 2.22. The van der Waals surface area contributed by atoms with Crippen LogP contribution in [0.15, 0.2) is 29.1 Å². The van der Waals surface area contributed by atoms with Gasteiger partial charge >= 0.3 is 0 Å². The van der Waals surface area contributed by atoms with Crippen molar-refractivity contribution >= 4 is 40.2 Å². The highest BCUT2D eigenvalue weighted by molar-refractivity contribution is 7.07. The minimum absolute atomic E-state index is 0.142. The van der Waals surface area contributed by atoms with E-state index in [4.69, 9.17) is 17.3 Å². The van der Waals surface area contributed by atoms with E-state index in [1.54, 1.807) is 23.7 Å². The van der Waals surface area contributed by atoms with Crippen molar-refractivity contribution in [3.8, 4) is 0 Å². The van der Waals surface area contributed by atoms with Crippen LogP contribution >= 0.6 is 22.9 Å². The first-order valence-corrected chi connectivity index (χ1v) is 7.27. The van der Waals surface area contributed by atoms with E-state index in [1.807, 2.05) is 17.3 Å². The van der Waals surface area contributed by atoms with E-state index in [2.05, 4.69) is 10.3 Å². The van der Waals surface area contributed by atoms with Crippen molar-refractivity contribution in [3.63, 3.8) is 0 Å². The van der Waals surface area contributed by atoms with Crippen molar-refractivity contribution in [2.75, 3.05) is 24.6 Å². The first-order valence-electron chi connectivity index (χ1n) is 5.95. The highest BCUT2D eigenvalue weighted by atomic mass is 35.5. The second-order valence-corrected chi connectivity index (χ2v) is 5.59. The Morgan fingerprint density at radius 2 is 2.35 bits per heavy atom. The van der Waals surface area contributed by atoms with Crippen molar-refractivity contribution in [3.05, 3.63) is 39.8 Å². The van der Waals surface area contributed by atoms with Gasteiger partial charge in [-0.15, -0.1) is 11.3 Å². The fourth-order valence-corrected chi connectivity index (χ4v) is 2.44. The molecule has 1 heterocycles. The number of hydrogen-bond acceptors (Lipinski definition) is 5. The van der Waals surface area contributed by atoms with Gasteiger partial charge in [0.25, 0.3) is 0 Å². The van der Waals surface area contributed by atoms with Crippen LogP contribution in [0.3, 0.4) is 0 Å². The highest BCUT2D eigenvalue weighted by Gasteiger charge is 2.10. The zero-order chi connectivity index (χ0) is 14.5. The number of benzene rings is 1. The van der Waals surface area contributed by atoms with Gasteiger partial charge in [-0.2, -0.15) is 0 Å². The van der Waals surface area contributed by atoms with E-state index in [9.17, 15) is 4.79 Å². The van der Waals surface area contributed by atoms with Gasteiger partial charge in [0.2, 0.25) is 5.91 Å². The number of likely N-dealkylation sites (N-methyl/N-ethyl adjacent to an activating group) is 1. The Bertz CT molecular complexity index is 588. The molecule has 0 fully saturated rings. The predicted octanol–water partition coefficient (Wildman–Crippen LogP) is 2.45. The molecule has 0 radical (unpaired) electrons. The molecule has 1 aromatic carbocycles. The number of nitrogens with two attached hydrogens (primary N) is 1. The number of hydrogen-bond donors (Lipinski definition) is 2. The topological polar surface area (TPSA) is 71.2 Å². The Hall–Kier alpha value is -1.63. The second-order valence-electron chi connectivity index (χ2n) is 4.43. The number of nitrogens with zero attached hydrogens (tertiary/aromatic N) is 2. The molecule has 5 nitrogen and oxygen atoms in total. The molecule has 3 N–H and O–H groups in total. The van der Waals surface area contributed by atoms with Gasteiger partial charge in [0.05, 0.1) is 29.1 Å². The number of nitrogens with one attached hydrogen (secondary N) is 1. The third kappa shape index (κ3) is 4.19. The Morgan fingerprint density at radius 1 is 1.55 bits per heavy atom. The molecule has 0 aliphatic rings. The fraction of sp³-hybridized carbons (Fsp3) is 0.231. The molecule has 106 valence electrons. The molecule has 2 aromatic rings. The summed E-state index contributed by atoms with van der Waals surface area (Å²) < 4.78 is 0. The van der Waals surface area contributed by atoms with Crippen molar-refractivity contribution in [1.82, 2.24) is 9.88 Å². The third-order valence-electron chi connectivity index (χ3n) is 2.62. The number of thiazole rings is 1. The van der Waals surface area contributed by atoms with E-state index in [1.165, 1.54) is 11.3 Å². The van der Waals surface area contributed by atoms with Gasteiger partial charge < -0.3 is 11.1 Å². The van der Waals surface area contributed by atoms with Crippen LogP contribution in [0.1, 0.15) is 5.69 Å². The summed E-state index contributed by atoms with van der Waals surface area (Å²) in [6, 6.07) is 4.98. The summed E-state index contributed by atoms with van der Waals surface area (Å²) in [6.07, 6.45) is 0. The maximum absolute atomic E-state index is 11.9. The minimum atomic E-state index is -0.142. The van der Waals surface area contributed by atoms with Gasteiger partial charge in [0.1, 0.15) is 0 Å². The molecule has 20 heavy (non-hydrogen) atoms. The molecule has 0 bridgehead atoms. The summed E-state index contributed by atoms with van der Waals surface area (Å²) in [5.74, 6) is -0.142. The quantitative estimate of drug-likeness (QED) is 0.832. The minimum Gasteiger partial charge on any atom is -0.397 e. The molecule has 7 heteroatoms. The first-order chi connectivity index (χ1) is 9.54. The number of nitrogen functional groups attached to an aromatic ring is 1. The molecule has 2 rings (SSSR count). The molecule has 1 amide bonds. The molecular weight excluding hydrogens is 296 g/mol. The lowest BCUT2D eigenvalue weighted by atomic mass is 10.2. The standard InChI is InChI=1S/C13H15ClN4OS/c1-18(5-10-7-20-8-16-10)6-13(19)17-12-4-9(14)2-3-11(12)15/h2-4,7-8H,5-6,15H2,1H3,(H,17,19). The average molecular weight is 311 g/mol. The number of aromatic nitrogens is 1. The maximum atomic E-state index is 11.9. The Morgan fingerprint density at radius 3 is 3.05 bits per heavy atom. The molecule has 1 aromatic heterocycles. The zero-order valence-electron chi connectivity index (χ0n) is 11.0. The summed E-state index contributed by atoms with van der Waals surface area (Å²) in [6.45, 7) is 0.880. The summed E-state index contributed by atoms with van der Waals surface area (Å²) in [7, 11) is 1.86. The van der Waals surface area contributed by atoms with Crippen LogP contribution in [0.4, 0.5) is 11.4 Å². The van der Waals surface area contributed by atoms with Crippen LogP contribution < -0.4 is 11.1 Å². The predicted molar refractivity (Wildman–Crippen MR) is 82.9 cm³/mol. The molecular formula is C13H15ClN4OS. The summed E-state index contributed by atoms with van der Waals surface area (Å²) in [5.41, 5.74) is 9.53. The fourth-order valence-electron chi connectivity index (χ4n) is 1.72. The molecule has 0 saturated heterocycles. The zero-order valence-corrected chi connectivity index (χ0v) is 12.5. The van der Waals surface area contributed by atoms with E-state index in [0.29, 0.717) is 22.9 Å². The average Bonchev–Trinajstić information content (AvgIpc) is 2.86. The van der Waals surface area contributed by atoms with Crippen molar-refractivity contribution in [1.29, 1.82) is 0 Å². The Kier molecular flexibility index (Phi) is 4.94. The Balaban J connectivity index is 1.90. The lowest BCUT2D eigenvalue weighted by Gasteiger charge is -2.15. The molecule has 0 unspecified atom stereocenters. The number of carbonyl (C=O) groups excluding carboxylic acids is 1. The van der Waals surface area contributed by atoms with Gasteiger partial charge in [-0.3, -0.25) is 9.69 Å². The van der Waals surface area contributed by atoms with E-state index in [0.717, 1.165) is 5.69 Å². The normalized spacial score (nSPS) is 10.8. The summed E-state index contributed by atoms with van der Waals surface area (Å²) in [5, 5.41) is 5.25. The lowest BCUT2D eigenvalue weighted by molar-refractivity contribution is -0.117. The van der Waals surface area contributed by atoms with Gasteiger partial charge in [-0.25, -0.2) is 4.98 Å². The van der Waals surface area contributed by atoms with Crippen LogP contribution in [-0.4, -0.2) is 29.4 Å². The first kappa shape index (κ1) is 14.8. The third-order valence-corrected chi connectivity index (χ3v) is 3.49. The smallest absolute Gasteiger partial charge is 0.238 e. The van der Waals surface area contributed by atoms with Crippen molar-refractivity contribution in [2.24, 2.45) is 0 Å². The molecule has 0 aliphatic carbocycles. The second kappa shape index (κ2) is 6.69. The van der Waals surface area contributed by atoms with Gasteiger partial charge in [-0.05, 0) is 25.2 Å². The molecule has 0 spiro atoms. The van der Waals surface area contributed by atoms with Crippen LogP contribution in [0.2, 0.25) is 5.02 Å². The van der Waals surface area contributed by atoms with Crippen LogP contribution in [0, 0.1) is 0 Å². The molecule has 0 saturated carbocycles. The largest absolute Gasteiger partial charge is 0.397 e. The Labute approximate surface area is 126 Å². The SMILES string of the molecule is CN(CC(=O)Nc1cc(Cl)ccc1N)Cc1cscn1. The van der Waals surface area contributed by atoms with Crippen LogP contribution in [0.5, 0.6) is 0 Å². The van der Waals surface area contributed by atoms with Gasteiger partial charge in [0.15, 0.2) is 0 Å². The van der Waals surface area contributed by atoms with E-state index in [-0.39, 0.29) is 12.5 Å². The summed E-state index contributed by atoms with van der Waals surface area (Å²) >= 11 is 7.41. The number of anilines is 2. The van der Waals surface area contributed by atoms with Gasteiger partial charge in [0, 0.05) is 16.9 Å². The molecule has 0 aliphatic heterocycles. The van der Waals surface area contributed by atoms with Crippen LogP contribution in [0.25, 0.3) is 0 Å². The van der Waals surface area contributed by atoms with E-state index < -0.39 is 0 Å². The number of halogens is 1. The number of amides is 1. The van der Waals surface area contributed by atoms with Crippen LogP contribution in [-0.2, 0) is 11.3 Å². The van der Waals surface area contributed by atoms with Crippen molar-refractivity contribution in [2.45, 2.75) is 6.54 Å². The van der Waals surface area contributed by atoms with E-state index >= 15 is 0 Å². The summed E-state index contributed by atoms with van der Waals surface area (Å²) in [4.78, 5) is 18.0. The number of rotatable bonds is 5. The van der Waals surface area contributed by atoms with Crippen molar-refractivity contribution < 1.29 is 4.79 Å². The van der Waals surface area contributed by atoms with Gasteiger partial charge in [-0.1, -0.05) is 11.6 Å². The molecule has 0 atom stereocenters. The number of carbonyl (C=O) groups is 1. The monoisotopic (exact) mass is 310 g/mol.